The summed E-state index contributed by atoms with van der Waals surface area (Å²) in [5.74, 6) is -0.242. The lowest BCUT2D eigenvalue weighted by Gasteiger charge is -2.32. The lowest BCUT2D eigenvalue weighted by atomic mass is 10.1. The summed E-state index contributed by atoms with van der Waals surface area (Å²) in [4.78, 5) is 13.3. The Labute approximate surface area is 112 Å². The van der Waals surface area contributed by atoms with Gasteiger partial charge in [0.15, 0.2) is 0 Å². The molecule has 1 aliphatic heterocycles. The Balaban J connectivity index is 1.82. The van der Waals surface area contributed by atoms with Crippen molar-refractivity contribution in [1.29, 1.82) is 0 Å². The molecule has 1 amide bonds. The molecule has 0 atom stereocenters. The summed E-state index contributed by atoms with van der Waals surface area (Å²) < 4.78 is 18.0. The van der Waals surface area contributed by atoms with Crippen molar-refractivity contribution >= 4 is 11.8 Å². The summed E-state index contributed by atoms with van der Waals surface area (Å²) in [6, 6.07) is 6.71. The third-order valence-corrected chi connectivity index (χ3v) is 3.22. The third-order valence-electron chi connectivity index (χ3n) is 3.22. The topological polar surface area (TPSA) is 41.6 Å². The van der Waals surface area contributed by atoms with E-state index in [0.29, 0.717) is 19.7 Å². The molecular formula is C14H19FN2O2. The van der Waals surface area contributed by atoms with Crippen molar-refractivity contribution < 1.29 is 13.9 Å². The largest absolute Gasteiger partial charge is 0.450 e. The number of hydrogen-bond donors (Lipinski definition) is 1. The van der Waals surface area contributed by atoms with Crippen molar-refractivity contribution in [3.63, 3.8) is 0 Å². The van der Waals surface area contributed by atoms with Crippen molar-refractivity contribution in [2.45, 2.75) is 25.8 Å². The number of ether oxygens (including phenoxy) is 1. The van der Waals surface area contributed by atoms with Gasteiger partial charge in [0.05, 0.1) is 6.61 Å². The number of carbonyl (C=O) groups is 1. The molecule has 1 fully saturated rings. The van der Waals surface area contributed by atoms with Gasteiger partial charge >= 0.3 is 6.09 Å². The van der Waals surface area contributed by atoms with Gasteiger partial charge in [-0.05, 0) is 38.0 Å². The highest BCUT2D eigenvalue weighted by Crippen LogP contribution is 2.17. The molecule has 0 aliphatic carbocycles. The van der Waals surface area contributed by atoms with Gasteiger partial charge in [0.1, 0.15) is 5.82 Å². The van der Waals surface area contributed by atoms with Gasteiger partial charge in [0.25, 0.3) is 0 Å². The lowest BCUT2D eigenvalue weighted by molar-refractivity contribution is 0.0983. The maximum Gasteiger partial charge on any atom is 0.409 e. The van der Waals surface area contributed by atoms with Crippen molar-refractivity contribution in [3.8, 4) is 0 Å². The van der Waals surface area contributed by atoms with Gasteiger partial charge < -0.3 is 15.0 Å². The average Bonchev–Trinajstić information content (AvgIpc) is 2.40. The van der Waals surface area contributed by atoms with Crippen LogP contribution >= 0.6 is 0 Å². The first kappa shape index (κ1) is 13.6. The molecule has 1 aromatic carbocycles. The summed E-state index contributed by atoms with van der Waals surface area (Å²) >= 11 is 0. The standard InChI is InChI=1S/C14H19FN2O2/c1-2-19-14(18)17-8-6-12(7-9-17)16-13-5-3-4-11(15)10-13/h3-5,10,12,16H,2,6-9H2,1H3. The number of amides is 1. The number of carbonyl (C=O) groups excluding carboxylic acids is 1. The Hall–Kier alpha value is -1.78. The molecule has 19 heavy (non-hydrogen) atoms. The van der Waals surface area contributed by atoms with Gasteiger partial charge in [-0.15, -0.1) is 0 Å². The predicted octanol–water partition coefficient (Wildman–Crippen LogP) is 2.86. The molecule has 1 saturated heterocycles. The van der Waals surface area contributed by atoms with Crippen LogP contribution in [0.15, 0.2) is 24.3 Å². The smallest absolute Gasteiger partial charge is 0.409 e. The van der Waals surface area contributed by atoms with Crippen molar-refractivity contribution in [3.05, 3.63) is 30.1 Å². The molecule has 2 rings (SSSR count). The average molecular weight is 266 g/mol. The van der Waals surface area contributed by atoms with Crippen molar-refractivity contribution in [1.82, 2.24) is 4.90 Å². The lowest BCUT2D eigenvalue weighted by Crippen LogP contribution is -2.42. The minimum absolute atomic E-state index is 0.242. The first-order valence-electron chi connectivity index (χ1n) is 6.63. The van der Waals surface area contributed by atoms with Crippen LogP contribution in [0, 0.1) is 5.82 Å². The Morgan fingerprint density at radius 1 is 1.47 bits per heavy atom. The number of piperidine rings is 1. The van der Waals surface area contributed by atoms with Crippen LogP contribution in [0.2, 0.25) is 0 Å². The van der Waals surface area contributed by atoms with E-state index in [2.05, 4.69) is 5.32 Å². The molecule has 1 aliphatic rings. The van der Waals surface area contributed by atoms with Crippen LogP contribution in [0.1, 0.15) is 19.8 Å². The van der Waals surface area contributed by atoms with E-state index < -0.39 is 0 Å². The highest BCUT2D eigenvalue weighted by Gasteiger charge is 2.23. The highest BCUT2D eigenvalue weighted by molar-refractivity contribution is 5.67. The molecule has 0 spiro atoms. The van der Waals surface area contributed by atoms with E-state index in [9.17, 15) is 9.18 Å². The van der Waals surface area contributed by atoms with Crippen LogP contribution in [0.25, 0.3) is 0 Å². The fourth-order valence-corrected chi connectivity index (χ4v) is 2.24. The first-order chi connectivity index (χ1) is 9.19. The minimum atomic E-state index is -0.244. The summed E-state index contributed by atoms with van der Waals surface area (Å²) in [5.41, 5.74) is 0.787. The number of benzene rings is 1. The molecule has 104 valence electrons. The number of nitrogens with zero attached hydrogens (tertiary/aromatic N) is 1. The number of hydrogen-bond acceptors (Lipinski definition) is 3. The Bertz CT molecular complexity index is 431. The third kappa shape index (κ3) is 3.84. The summed E-state index contributed by atoms with van der Waals surface area (Å²) in [7, 11) is 0. The van der Waals surface area contributed by atoms with E-state index in [4.69, 9.17) is 4.74 Å². The van der Waals surface area contributed by atoms with Gasteiger partial charge in [-0.25, -0.2) is 9.18 Å². The fraction of sp³-hybridized carbons (Fsp3) is 0.500. The molecule has 0 bridgehead atoms. The second kappa shape index (κ2) is 6.41. The maximum absolute atomic E-state index is 13.1. The molecular weight excluding hydrogens is 247 g/mol. The molecule has 0 radical (unpaired) electrons. The molecule has 1 N–H and O–H groups in total. The van der Waals surface area contributed by atoms with Gasteiger partial charge in [-0.1, -0.05) is 6.07 Å². The van der Waals surface area contributed by atoms with Gasteiger partial charge in [0, 0.05) is 24.8 Å². The molecule has 1 aromatic rings. The Morgan fingerprint density at radius 2 is 2.21 bits per heavy atom. The quantitative estimate of drug-likeness (QED) is 0.914. The maximum atomic E-state index is 13.1. The zero-order valence-corrected chi connectivity index (χ0v) is 11.1. The van der Waals surface area contributed by atoms with Crippen LogP contribution in [0.5, 0.6) is 0 Å². The zero-order chi connectivity index (χ0) is 13.7. The Kier molecular flexibility index (Phi) is 4.60. The second-order valence-corrected chi connectivity index (χ2v) is 4.61. The monoisotopic (exact) mass is 266 g/mol. The van der Waals surface area contributed by atoms with Crippen molar-refractivity contribution in [2.75, 3.05) is 25.0 Å². The number of likely N-dealkylation sites (tertiary alicyclic amines) is 1. The molecule has 4 nitrogen and oxygen atoms in total. The molecule has 1 heterocycles. The fourth-order valence-electron chi connectivity index (χ4n) is 2.24. The van der Waals surface area contributed by atoms with E-state index in [0.717, 1.165) is 18.5 Å². The summed E-state index contributed by atoms with van der Waals surface area (Å²) in [5, 5.41) is 3.29. The highest BCUT2D eigenvalue weighted by atomic mass is 19.1. The van der Waals surface area contributed by atoms with E-state index in [1.807, 2.05) is 6.07 Å². The van der Waals surface area contributed by atoms with E-state index in [1.54, 1.807) is 17.9 Å². The zero-order valence-electron chi connectivity index (χ0n) is 11.1. The van der Waals surface area contributed by atoms with Crippen LogP contribution < -0.4 is 5.32 Å². The number of nitrogens with one attached hydrogen (secondary N) is 1. The molecule has 0 saturated carbocycles. The first-order valence-corrected chi connectivity index (χ1v) is 6.63. The summed E-state index contributed by atoms with van der Waals surface area (Å²) in [6.07, 6.45) is 1.44. The predicted molar refractivity (Wildman–Crippen MR) is 71.6 cm³/mol. The normalized spacial score (nSPS) is 16.2. The van der Waals surface area contributed by atoms with E-state index >= 15 is 0 Å². The SMILES string of the molecule is CCOC(=O)N1CCC(Nc2cccc(F)c2)CC1. The second-order valence-electron chi connectivity index (χ2n) is 4.61. The molecule has 5 heteroatoms. The van der Waals surface area contributed by atoms with E-state index in [-0.39, 0.29) is 18.0 Å². The molecule has 0 aromatic heterocycles. The number of anilines is 1. The Morgan fingerprint density at radius 3 is 2.84 bits per heavy atom. The van der Waals surface area contributed by atoms with Gasteiger partial charge in [-0.3, -0.25) is 0 Å². The number of rotatable bonds is 3. The van der Waals surface area contributed by atoms with Gasteiger partial charge in [0.2, 0.25) is 0 Å². The van der Waals surface area contributed by atoms with Crippen molar-refractivity contribution in [2.24, 2.45) is 0 Å². The van der Waals surface area contributed by atoms with Crippen LogP contribution in [0.3, 0.4) is 0 Å². The summed E-state index contributed by atoms with van der Waals surface area (Å²) in [6.45, 7) is 3.55. The minimum Gasteiger partial charge on any atom is -0.450 e. The number of halogens is 1. The van der Waals surface area contributed by atoms with Crippen LogP contribution in [0.4, 0.5) is 14.9 Å². The van der Waals surface area contributed by atoms with Crippen LogP contribution in [-0.4, -0.2) is 36.7 Å². The van der Waals surface area contributed by atoms with E-state index in [1.165, 1.54) is 12.1 Å². The van der Waals surface area contributed by atoms with Gasteiger partial charge in [-0.2, -0.15) is 0 Å². The molecule has 0 unspecified atom stereocenters. The van der Waals surface area contributed by atoms with Crippen LogP contribution in [-0.2, 0) is 4.74 Å².